The number of para-hydroxylation sites is 1. The zero-order valence-electron chi connectivity index (χ0n) is 8.66. The normalized spacial score (nSPS) is 12.6. The fourth-order valence-electron chi connectivity index (χ4n) is 2.11. The van der Waals surface area contributed by atoms with Crippen LogP contribution in [-0.2, 0) is 6.61 Å². The summed E-state index contributed by atoms with van der Waals surface area (Å²) in [5, 5.41) is 0. The minimum absolute atomic E-state index is 0.689. The summed E-state index contributed by atoms with van der Waals surface area (Å²) in [6, 6.07) is 14.7. The highest BCUT2D eigenvalue weighted by atomic mass is 16.5. The third-order valence-electron chi connectivity index (χ3n) is 2.89. The van der Waals surface area contributed by atoms with E-state index < -0.39 is 0 Å². The van der Waals surface area contributed by atoms with Crippen molar-refractivity contribution in [1.82, 2.24) is 0 Å². The molecule has 1 aliphatic rings. The molecular formula is C14H12O. The van der Waals surface area contributed by atoms with Crippen molar-refractivity contribution in [3.05, 3.63) is 53.6 Å². The van der Waals surface area contributed by atoms with E-state index >= 15 is 0 Å². The Morgan fingerprint density at radius 1 is 0.933 bits per heavy atom. The molecule has 0 saturated carbocycles. The lowest BCUT2D eigenvalue weighted by molar-refractivity contribution is 0.300. The van der Waals surface area contributed by atoms with E-state index in [1.54, 1.807) is 0 Å². The molecule has 0 spiro atoms. The molecule has 0 aliphatic carbocycles. The average molecular weight is 196 g/mol. The minimum Gasteiger partial charge on any atom is -0.488 e. The van der Waals surface area contributed by atoms with Crippen LogP contribution in [0.1, 0.15) is 11.1 Å². The van der Waals surface area contributed by atoms with Crippen molar-refractivity contribution in [3.8, 4) is 16.9 Å². The molecule has 0 saturated heterocycles. The molecule has 0 atom stereocenters. The largest absolute Gasteiger partial charge is 0.488 e. The van der Waals surface area contributed by atoms with E-state index in [1.165, 1.54) is 22.3 Å². The van der Waals surface area contributed by atoms with Gasteiger partial charge in [-0.1, -0.05) is 42.5 Å². The zero-order chi connectivity index (χ0) is 10.3. The minimum atomic E-state index is 0.689. The van der Waals surface area contributed by atoms with Crippen LogP contribution >= 0.6 is 0 Å². The van der Waals surface area contributed by atoms with Gasteiger partial charge in [-0.05, 0) is 23.6 Å². The Labute approximate surface area is 89.3 Å². The van der Waals surface area contributed by atoms with Gasteiger partial charge < -0.3 is 4.74 Å². The summed E-state index contributed by atoms with van der Waals surface area (Å²) >= 11 is 0. The molecule has 0 fully saturated rings. The van der Waals surface area contributed by atoms with Crippen LogP contribution in [0.2, 0.25) is 0 Å². The second-order valence-corrected chi connectivity index (χ2v) is 3.90. The molecule has 1 heterocycles. The van der Waals surface area contributed by atoms with Crippen molar-refractivity contribution in [2.45, 2.75) is 13.5 Å². The average Bonchev–Trinajstić information content (AvgIpc) is 2.29. The van der Waals surface area contributed by atoms with Crippen LogP contribution in [-0.4, -0.2) is 0 Å². The fraction of sp³-hybridized carbons (Fsp3) is 0.143. The molecule has 2 aromatic rings. The Morgan fingerprint density at radius 2 is 1.73 bits per heavy atom. The van der Waals surface area contributed by atoms with E-state index in [9.17, 15) is 0 Å². The first-order chi connectivity index (χ1) is 7.36. The standard InChI is InChI=1S/C14H12O/c1-10-5-4-8-13-12-7-3-2-6-11(12)9-15-14(10)13/h2-8H,9H2,1H3. The fourth-order valence-corrected chi connectivity index (χ4v) is 2.11. The maximum absolute atomic E-state index is 5.78. The summed E-state index contributed by atoms with van der Waals surface area (Å²) in [6.07, 6.45) is 0. The Balaban J connectivity index is 2.30. The van der Waals surface area contributed by atoms with Gasteiger partial charge in [0.15, 0.2) is 0 Å². The monoisotopic (exact) mass is 196 g/mol. The SMILES string of the molecule is Cc1cccc2c1OCc1ccccc1-2. The Bertz CT molecular complexity index is 514. The van der Waals surface area contributed by atoms with Gasteiger partial charge in [0.2, 0.25) is 0 Å². The number of ether oxygens (including phenoxy) is 1. The molecule has 74 valence electrons. The molecule has 2 aromatic carbocycles. The highest BCUT2D eigenvalue weighted by Crippen LogP contribution is 2.38. The van der Waals surface area contributed by atoms with Crippen LogP contribution in [0.3, 0.4) is 0 Å². The summed E-state index contributed by atoms with van der Waals surface area (Å²) in [7, 11) is 0. The third-order valence-corrected chi connectivity index (χ3v) is 2.89. The van der Waals surface area contributed by atoms with E-state index in [0.29, 0.717) is 6.61 Å². The number of fused-ring (bicyclic) bond motifs is 3. The summed E-state index contributed by atoms with van der Waals surface area (Å²) in [5.74, 6) is 1.04. The molecule has 0 radical (unpaired) electrons. The number of hydrogen-bond donors (Lipinski definition) is 0. The van der Waals surface area contributed by atoms with Gasteiger partial charge in [-0.2, -0.15) is 0 Å². The van der Waals surface area contributed by atoms with Gasteiger partial charge in [0, 0.05) is 5.56 Å². The Kier molecular flexibility index (Phi) is 1.78. The van der Waals surface area contributed by atoms with Crippen LogP contribution in [0.4, 0.5) is 0 Å². The van der Waals surface area contributed by atoms with Crippen LogP contribution in [0, 0.1) is 6.92 Å². The van der Waals surface area contributed by atoms with Crippen LogP contribution < -0.4 is 4.74 Å². The van der Waals surface area contributed by atoms with Gasteiger partial charge in [0.05, 0.1) is 0 Å². The van der Waals surface area contributed by atoms with Gasteiger partial charge >= 0.3 is 0 Å². The number of rotatable bonds is 0. The summed E-state index contributed by atoms with van der Waals surface area (Å²) in [5.41, 5.74) is 5.01. The predicted molar refractivity (Wildman–Crippen MR) is 60.9 cm³/mol. The molecule has 1 aliphatic heterocycles. The quantitative estimate of drug-likeness (QED) is 0.626. The lowest BCUT2D eigenvalue weighted by Crippen LogP contribution is -2.06. The third kappa shape index (κ3) is 1.23. The van der Waals surface area contributed by atoms with Crippen molar-refractivity contribution < 1.29 is 4.74 Å². The molecule has 0 N–H and O–H groups in total. The highest BCUT2D eigenvalue weighted by Gasteiger charge is 2.17. The number of aryl methyl sites for hydroxylation is 1. The van der Waals surface area contributed by atoms with Gasteiger partial charge in [0.1, 0.15) is 12.4 Å². The maximum Gasteiger partial charge on any atom is 0.130 e. The molecule has 1 heteroatoms. The lowest BCUT2D eigenvalue weighted by Gasteiger charge is -2.22. The number of benzene rings is 2. The van der Waals surface area contributed by atoms with Crippen molar-refractivity contribution >= 4 is 0 Å². The molecule has 1 nitrogen and oxygen atoms in total. The van der Waals surface area contributed by atoms with Crippen molar-refractivity contribution in [2.75, 3.05) is 0 Å². The molecule has 0 aromatic heterocycles. The summed E-state index contributed by atoms with van der Waals surface area (Å²) < 4.78 is 5.78. The van der Waals surface area contributed by atoms with E-state index in [2.05, 4.69) is 49.4 Å². The van der Waals surface area contributed by atoms with Gasteiger partial charge in [0.25, 0.3) is 0 Å². The van der Waals surface area contributed by atoms with E-state index in [-0.39, 0.29) is 0 Å². The van der Waals surface area contributed by atoms with Gasteiger partial charge in [-0.25, -0.2) is 0 Å². The van der Waals surface area contributed by atoms with Crippen molar-refractivity contribution in [2.24, 2.45) is 0 Å². The van der Waals surface area contributed by atoms with Crippen LogP contribution in [0.25, 0.3) is 11.1 Å². The molecule has 0 amide bonds. The Hall–Kier alpha value is -1.76. The second kappa shape index (κ2) is 3.13. The summed E-state index contributed by atoms with van der Waals surface area (Å²) in [4.78, 5) is 0. The topological polar surface area (TPSA) is 9.23 Å². The lowest BCUT2D eigenvalue weighted by atomic mass is 9.95. The summed E-state index contributed by atoms with van der Waals surface area (Å²) in [6.45, 7) is 2.78. The van der Waals surface area contributed by atoms with Crippen LogP contribution in [0.15, 0.2) is 42.5 Å². The van der Waals surface area contributed by atoms with Crippen LogP contribution in [0.5, 0.6) is 5.75 Å². The first-order valence-electron chi connectivity index (χ1n) is 5.17. The first kappa shape index (κ1) is 8.54. The van der Waals surface area contributed by atoms with Gasteiger partial charge in [-0.3, -0.25) is 0 Å². The zero-order valence-corrected chi connectivity index (χ0v) is 8.66. The molecule has 0 unspecified atom stereocenters. The van der Waals surface area contributed by atoms with E-state index in [1.807, 2.05) is 0 Å². The molecule has 15 heavy (non-hydrogen) atoms. The molecule has 0 bridgehead atoms. The first-order valence-corrected chi connectivity index (χ1v) is 5.17. The second-order valence-electron chi connectivity index (χ2n) is 3.90. The molecular weight excluding hydrogens is 184 g/mol. The Morgan fingerprint density at radius 3 is 2.67 bits per heavy atom. The molecule has 3 rings (SSSR count). The van der Waals surface area contributed by atoms with Crippen molar-refractivity contribution in [1.29, 1.82) is 0 Å². The number of hydrogen-bond acceptors (Lipinski definition) is 1. The van der Waals surface area contributed by atoms with Crippen molar-refractivity contribution in [3.63, 3.8) is 0 Å². The maximum atomic E-state index is 5.78. The van der Waals surface area contributed by atoms with E-state index in [0.717, 1.165) is 5.75 Å². The van der Waals surface area contributed by atoms with E-state index in [4.69, 9.17) is 4.74 Å². The predicted octanol–water partition coefficient (Wildman–Crippen LogP) is 3.55. The van der Waals surface area contributed by atoms with Gasteiger partial charge in [-0.15, -0.1) is 0 Å². The highest BCUT2D eigenvalue weighted by molar-refractivity contribution is 5.76. The smallest absolute Gasteiger partial charge is 0.130 e.